The van der Waals surface area contributed by atoms with Crippen LogP contribution in [0.25, 0.3) is 0 Å². The lowest BCUT2D eigenvalue weighted by atomic mass is 10.2. The molecule has 2 rings (SSSR count). The first kappa shape index (κ1) is 11.2. The molecule has 0 amide bonds. The number of aromatic amines is 1. The van der Waals surface area contributed by atoms with E-state index in [1.165, 1.54) is 24.0 Å². The molecule has 2 aromatic rings. The Morgan fingerprint density at radius 1 is 1.41 bits per heavy atom. The standard InChI is InChI=1S/C11H8N4OS/c12-6-7-1-2-9(8(13)5-7)17-11-14-4-3-10(16)15-11/h1-5H,13H2,(H,14,15,16). The van der Waals surface area contributed by atoms with E-state index in [9.17, 15) is 4.79 Å². The summed E-state index contributed by atoms with van der Waals surface area (Å²) in [6.45, 7) is 0. The number of nitrogen functional groups attached to an aromatic ring is 1. The topological polar surface area (TPSA) is 95.6 Å². The highest BCUT2D eigenvalue weighted by molar-refractivity contribution is 7.99. The monoisotopic (exact) mass is 244 g/mol. The Morgan fingerprint density at radius 3 is 2.88 bits per heavy atom. The van der Waals surface area contributed by atoms with E-state index in [0.717, 1.165) is 4.90 Å². The molecule has 0 saturated carbocycles. The lowest BCUT2D eigenvalue weighted by Gasteiger charge is -2.04. The van der Waals surface area contributed by atoms with Gasteiger partial charge in [0.25, 0.3) is 5.56 Å². The van der Waals surface area contributed by atoms with Gasteiger partial charge in [0.05, 0.1) is 11.6 Å². The number of anilines is 1. The number of nitrogens with one attached hydrogen (secondary N) is 1. The third kappa shape index (κ3) is 2.65. The van der Waals surface area contributed by atoms with E-state index in [2.05, 4.69) is 9.97 Å². The number of rotatable bonds is 2. The summed E-state index contributed by atoms with van der Waals surface area (Å²) in [5.41, 5.74) is 6.57. The predicted octanol–water partition coefficient (Wildman–Crippen LogP) is 1.37. The Bertz CT molecular complexity index is 644. The van der Waals surface area contributed by atoms with Crippen LogP contribution in [-0.4, -0.2) is 9.97 Å². The average molecular weight is 244 g/mol. The van der Waals surface area contributed by atoms with Crippen molar-refractivity contribution < 1.29 is 0 Å². The highest BCUT2D eigenvalue weighted by Crippen LogP contribution is 2.29. The van der Waals surface area contributed by atoms with E-state index in [1.54, 1.807) is 18.2 Å². The van der Waals surface area contributed by atoms with Crippen LogP contribution in [0.3, 0.4) is 0 Å². The molecule has 0 bridgehead atoms. The maximum atomic E-state index is 11.1. The second-order valence-electron chi connectivity index (χ2n) is 3.21. The van der Waals surface area contributed by atoms with Gasteiger partial charge in [-0.2, -0.15) is 5.26 Å². The maximum Gasteiger partial charge on any atom is 0.251 e. The van der Waals surface area contributed by atoms with Crippen molar-refractivity contribution in [2.45, 2.75) is 10.1 Å². The molecule has 0 unspecified atom stereocenters. The minimum absolute atomic E-state index is 0.213. The number of nitrogens with two attached hydrogens (primary N) is 1. The fourth-order valence-electron chi connectivity index (χ4n) is 1.22. The summed E-state index contributed by atoms with van der Waals surface area (Å²) < 4.78 is 0. The van der Waals surface area contributed by atoms with Crippen molar-refractivity contribution in [2.24, 2.45) is 0 Å². The Morgan fingerprint density at radius 2 is 2.24 bits per heavy atom. The van der Waals surface area contributed by atoms with Gasteiger partial charge in [-0.25, -0.2) is 4.98 Å². The van der Waals surface area contributed by atoms with Crippen molar-refractivity contribution in [3.8, 4) is 6.07 Å². The van der Waals surface area contributed by atoms with Crippen molar-refractivity contribution in [1.82, 2.24) is 9.97 Å². The van der Waals surface area contributed by atoms with Gasteiger partial charge in [-0.3, -0.25) is 4.79 Å². The average Bonchev–Trinajstić information content (AvgIpc) is 2.32. The zero-order valence-corrected chi connectivity index (χ0v) is 9.49. The molecular formula is C11H8N4OS. The Labute approximate surface area is 101 Å². The molecule has 1 aromatic carbocycles. The van der Waals surface area contributed by atoms with E-state index < -0.39 is 0 Å². The number of aromatic nitrogens is 2. The summed E-state index contributed by atoms with van der Waals surface area (Å²) in [5, 5.41) is 9.17. The van der Waals surface area contributed by atoms with Crippen LogP contribution in [0.1, 0.15) is 5.56 Å². The van der Waals surface area contributed by atoms with Crippen molar-refractivity contribution in [1.29, 1.82) is 5.26 Å². The van der Waals surface area contributed by atoms with Crippen LogP contribution < -0.4 is 11.3 Å². The van der Waals surface area contributed by atoms with Crippen LogP contribution in [0.2, 0.25) is 0 Å². The number of benzene rings is 1. The summed E-state index contributed by atoms with van der Waals surface area (Å²) in [6, 6.07) is 8.33. The molecule has 0 aliphatic rings. The van der Waals surface area contributed by atoms with Gasteiger partial charge < -0.3 is 10.7 Å². The molecule has 5 nitrogen and oxygen atoms in total. The molecule has 0 aliphatic carbocycles. The van der Waals surface area contributed by atoms with Crippen molar-refractivity contribution >= 4 is 17.4 Å². The lowest BCUT2D eigenvalue weighted by molar-refractivity contribution is 0.937. The first-order valence-electron chi connectivity index (χ1n) is 4.72. The maximum absolute atomic E-state index is 11.1. The molecule has 1 aromatic heterocycles. The van der Waals surface area contributed by atoms with Crippen LogP contribution in [-0.2, 0) is 0 Å². The lowest BCUT2D eigenvalue weighted by Crippen LogP contribution is -2.05. The highest BCUT2D eigenvalue weighted by atomic mass is 32.2. The van der Waals surface area contributed by atoms with Crippen LogP contribution in [0.5, 0.6) is 0 Å². The number of H-pyrrole nitrogens is 1. The molecule has 17 heavy (non-hydrogen) atoms. The van der Waals surface area contributed by atoms with Gasteiger partial charge in [-0.05, 0) is 30.0 Å². The Balaban J connectivity index is 2.31. The zero-order chi connectivity index (χ0) is 12.3. The molecule has 0 spiro atoms. The Kier molecular flexibility index (Phi) is 3.12. The molecule has 0 radical (unpaired) electrons. The summed E-state index contributed by atoms with van der Waals surface area (Å²) in [5.74, 6) is 0. The first-order valence-corrected chi connectivity index (χ1v) is 5.53. The van der Waals surface area contributed by atoms with Crippen LogP contribution >= 0.6 is 11.8 Å². The number of hydrogen-bond acceptors (Lipinski definition) is 5. The van der Waals surface area contributed by atoms with Crippen molar-refractivity contribution in [3.05, 3.63) is 46.4 Å². The van der Waals surface area contributed by atoms with E-state index in [1.807, 2.05) is 6.07 Å². The van der Waals surface area contributed by atoms with Gasteiger partial charge in [0.2, 0.25) is 0 Å². The molecule has 6 heteroatoms. The van der Waals surface area contributed by atoms with Crippen molar-refractivity contribution in [3.63, 3.8) is 0 Å². The van der Waals surface area contributed by atoms with Gasteiger partial charge in [-0.15, -0.1) is 0 Å². The molecular weight excluding hydrogens is 236 g/mol. The largest absolute Gasteiger partial charge is 0.398 e. The smallest absolute Gasteiger partial charge is 0.251 e. The highest BCUT2D eigenvalue weighted by Gasteiger charge is 2.04. The Hall–Kier alpha value is -2.26. The van der Waals surface area contributed by atoms with E-state index in [4.69, 9.17) is 11.0 Å². The molecule has 3 N–H and O–H groups in total. The van der Waals surface area contributed by atoms with Crippen LogP contribution in [0.4, 0.5) is 5.69 Å². The van der Waals surface area contributed by atoms with Gasteiger partial charge in [0.1, 0.15) is 0 Å². The summed E-state index contributed by atoms with van der Waals surface area (Å²) in [4.78, 5) is 18.4. The quantitative estimate of drug-likeness (QED) is 0.614. The predicted molar refractivity (Wildman–Crippen MR) is 64.6 cm³/mol. The minimum Gasteiger partial charge on any atom is -0.398 e. The van der Waals surface area contributed by atoms with Crippen LogP contribution in [0, 0.1) is 11.3 Å². The SMILES string of the molecule is N#Cc1ccc(Sc2nccc(=O)[nH]2)c(N)c1. The molecule has 0 atom stereocenters. The number of nitrogens with zero attached hydrogens (tertiary/aromatic N) is 2. The fraction of sp³-hybridized carbons (Fsp3) is 0. The number of nitriles is 1. The van der Waals surface area contributed by atoms with E-state index in [0.29, 0.717) is 16.4 Å². The third-order valence-corrected chi connectivity index (χ3v) is 2.99. The third-order valence-electron chi connectivity index (χ3n) is 1.99. The molecule has 0 saturated heterocycles. The van der Waals surface area contributed by atoms with Gasteiger partial charge >= 0.3 is 0 Å². The molecule has 0 fully saturated rings. The summed E-state index contributed by atoms with van der Waals surface area (Å²) in [7, 11) is 0. The molecule has 1 heterocycles. The summed E-state index contributed by atoms with van der Waals surface area (Å²) >= 11 is 1.25. The fourth-order valence-corrected chi connectivity index (χ4v) is 2.01. The van der Waals surface area contributed by atoms with E-state index in [-0.39, 0.29) is 5.56 Å². The minimum atomic E-state index is -0.213. The van der Waals surface area contributed by atoms with E-state index >= 15 is 0 Å². The zero-order valence-electron chi connectivity index (χ0n) is 8.68. The second kappa shape index (κ2) is 4.72. The summed E-state index contributed by atoms with van der Waals surface area (Å²) in [6.07, 6.45) is 1.43. The molecule has 0 aliphatic heterocycles. The normalized spacial score (nSPS) is 9.82. The number of hydrogen-bond donors (Lipinski definition) is 2. The first-order chi connectivity index (χ1) is 8.19. The van der Waals surface area contributed by atoms with Gasteiger partial charge in [0, 0.05) is 22.8 Å². The van der Waals surface area contributed by atoms with Gasteiger partial charge in [-0.1, -0.05) is 0 Å². The van der Waals surface area contributed by atoms with Crippen molar-refractivity contribution in [2.75, 3.05) is 5.73 Å². The van der Waals surface area contributed by atoms with Crippen LogP contribution in [0.15, 0.2) is 45.3 Å². The van der Waals surface area contributed by atoms with Gasteiger partial charge in [0.15, 0.2) is 5.16 Å². The second-order valence-corrected chi connectivity index (χ2v) is 4.24. The molecule has 84 valence electrons.